The van der Waals surface area contributed by atoms with E-state index in [0.717, 1.165) is 19.3 Å². The van der Waals surface area contributed by atoms with E-state index < -0.39 is 5.60 Å². The van der Waals surface area contributed by atoms with Gasteiger partial charge in [0.25, 0.3) is 0 Å². The average Bonchev–Trinajstić information content (AvgIpc) is 2.52. The molecule has 1 unspecified atom stereocenters. The first-order valence-electron chi connectivity index (χ1n) is 5.38. The highest BCUT2D eigenvalue weighted by Crippen LogP contribution is 2.35. The molecule has 15 heavy (non-hydrogen) atoms. The highest BCUT2D eigenvalue weighted by Gasteiger charge is 2.39. The summed E-state index contributed by atoms with van der Waals surface area (Å²) in [5, 5.41) is 12.6. The lowest BCUT2D eigenvalue weighted by molar-refractivity contribution is -0.143. The smallest absolute Gasteiger partial charge is 0.0744 e. The second-order valence-electron chi connectivity index (χ2n) is 5.02. The highest BCUT2D eigenvalue weighted by molar-refractivity contribution is 7.09. The molecule has 1 atom stereocenters. The van der Waals surface area contributed by atoms with Gasteiger partial charge in [0.1, 0.15) is 0 Å². The largest absolute Gasteiger partial charge is 0.389 e. The lowest BCUT2D eigenvalue weighted by atomic mass is 9.82. The predicted octanol–water partition coefficient (Wildman–Crippen LogP) is 2.61. The van der Waals surface area contributed by atoms with Gasteiger partial charge in [0.05, 0.1) is 17.8 Å². The van der Waals surface area contributed by atoms with Crippen molar-refractivity contribution in [1.29, 1.82) is 0 Å². The maximum absolute atomic E-state index is 10.5. The normalized spacial score (nSPS) is 30.3. The van der Waals surface area contributed by atoms with E-state index in [2.05, 4.69) is 11.4 Å². The fraction of sp³-hybridized carbons (Fsp3) is 0.667. The molecule has 2 heterocycles. The Labute approximate surface area is 94.9 Å². The van der Waals surface area contributed by atoms with Gasteiger partial charge in [-0.05, 0) is 31.7 Å². The quantitative estimate of drug-likeness (QED) is 0.840. The molecular formula is C12H18O2S. The monoisotopic (exact) mass is 226 g/mol. The Kier molecular flexibility index (Phi) is 2.88. The minimum absolute atomic E-state index is 0.190. The van der Waals surface area contributed by atoms with Gasteiger partial charge in [0, 0.05) is 17.7 Å². The van der Waals surface area contributed by atoms with Crippen LogP contribution in [-0.4, -0.2) is 22.9 Å². The molecule has 2 nitrogen and oxygen atoms in total. The molecule has 1 fully saturated rings. The second-order valence-corrected chi connectivity index (χ2v) is 6.05. The van der Waals surface area contributed by atoms with E-state index in [1.165, 1.54) is 4.88 Å². The van der Waals surface area contributed by atoms with E-state index in [-0.39, 0.29) is 5.60 Å². The average molecular weight is 226 g/mol. The van der Waals surface area contributed by atoms with Crippen molar-refractivity contribution in [2.24, 2.45) is 0 Å². The summed E-state index contributed by atoms with van der Waals surface area (Å²) >= 11 is 1.71. The molecule has 0 spiro atoms. The predicted molar refractivity (Wildman–Crippen MR) is 62.2 cm³/mol. The van der Waals surface area contributed by atoms with Crippen LogP contribution in [0.15, 0.2) is 17.5 Å². The number of ether oxygens (including phenoxy) is 1. The molecule has 3 heteroatoms. The molecule has 1 N–H and O–H groups in total. The van der Waals surface area contributed by atoms with E-state index in [1.807, 2.05) is 19.9 Å². The third kappa shape index (κ3) is 2.80. The Morgan fingerprint density at radius 1 is 1.53 bits per heavy atom. The van der Waals surface area contributed by atoms with Crippen LogP contribution in [0.1, 0.15) is 31.6 Å². The summed E-state index contributed by atoms with van der Waals surface area (Å²) in [6, 6.07) is 4.12. The third-order valence-electron chi connectivity index (χ3n) is 2.90. The van der Waals surface area contributed by atoms with Crippen LogP contribution in [0.4, 0.5) is 0 Å². The molecule has 1 aromatic heterocycles. The Hall–Kier alpha value is -0.380. The van der Waals surface area contributed by atoms with Gasteiger partial charge in [-0.3, -0.25) is 0 Å². The minimum Gasteiger partial charge on any atom is -0.389 e. The topological polar surface area (TPSA) is 29.5 Å². The number of hydrogen-bond donors (Lipinski definition) is 1. The Balaban J connectivity index is 2.06. The van der Waals surface area contributed by atoms with Crippen LogP contribution in [0, 0.1) is 0 Å². The zero-order valence-electron chi connectivity index (χ0n) is 9.32. The van der Waals surface area contributed by atoms with Crippen LogP contribution in [0.3, 0.4) is 0 Å². The molecule has 84 valence electrons. The fourth-order valence-corrected chi connectivity index (χ4v) is 3.18. The van der Waals surface area contributed by atoms with Crippen molar-refractivity contribution in [3.63, 3.8) is 0 Å². The number of hydrogen-bond acceptors (Lipinski definition) is 3. The summed E-state index contributed by atoms with van der Waals surface area (Å²) in [6.07, 6.45) is 2.23. The first-order valence-corrected chi connectivity index (χ1v) is 6.26. The van der Waals surface area contributed by atoms with Gasteiger partial charge in [0.15, 0.2) is 0 Å². The van der Waals surface area contributed by atoms with Crippen molar-refractivity contribution in [1.82, 2.24) is 0 Å². The molecule has 2 rings (SSSR count). The molecule has 0 aliphatic carbocycles. The molecule has 1 saturated heterocycles. The van der Waals surface area contributed by atoms with Gasteiger partial charge in [0.2, 0.25) is 0 Å². The van der Waals surface area contributed by atoms with Crippen molar-refractivity contribution in [2.75, 3.05) is 6.61 Å². The van der Waals surface area contributed by atoms with Crippen molar-refractivity contribution in [2.45, 2.75) is 44.3 Å². The number of rotatable bonds is 2. The lowest BCUT2D eigenvalue weighted by Crippen LogP contribution is -2.47. The molecule has 0 bridgehead atoms. The fourth-order valence-electron chi connectivity index (χ4n) is 2.34. The number of thiophene rings is 1. The lowest BCUT2D eigenvalue weighted by Gasteiger charge is -2.41. The van der Waals surface area contributed by atoms with E-state index >= 15 is 0 Å². The van der Waals surface area contributed by atoms with Crippen LogP contribution in [-0.2, 0) is 11.2 Å². The standard InChI is InChI=1S/C12H18O2S/c1-11(2)9-12(13,5-6-14-11)8-10-4-3-7-15-10/h3-4,7,13H,5-6,8-9H2,1-2H3. The first kappa shape index (κ1) is 11.1. The molecule has 0 radical (unpaired) electrons. The second kappa shape index (κ2) is 3.89. The Bertz CT molecular complexity index is 318. The molecule has 1 aliphatic heterocycles. The summed E-state index contributed by atoms with van der Waals surface area (Å²) in [7, 11) is 0. The molecule has 0 amide bonds. The molecular weight excluding hydrogens is 208 g/mol. The number of aliphatic hydroxyl groups is 1. The molecule has 1 aliphatic rings. The molecule has 0 saturated carbocycles. The zero-order valence-corrected chi connectivity index (χ0v) is 10.1. The van der Waals surface area contributed by atoms with Crippen molar-refractivity contribution < 1.29 is 9.84 Å². The van der Waals surface area contributed by atoms with E-state index in [4.69, 9.17) is 4.74 Å². The third-order valence-corrected chi connectivity index (χ3v) is 3.77. The SMILES string of the molecule is CC1(C)CC(O)(Cc2cccs2)CCO1. The van der Waals surface area contributed by atoms with Crippen LogP contribution >= 0.6 is 11.3 Å². The van der Waals surface area contributed by atoms with Gasteiger partial charge >= 0.3 is 0 Å². The maximum Gasteiger partial charge on any atom is 0.0744 e. The van der Waals surface area contributed by atoms with Gasteiger partial charge in [-0.25, -0.2) is 0 Å². The summed E-state index contributed by atoms with van der Waals surface area (Å²) in [4.78, 5) is 1.26. The van der Waals surface area contributed by atoms with Gasteiger partial charge in [-0.2, -0.15) is 0 Å². The maximum atomic E-state index is 10.5. The minimum atomic E-state index is -0.577. The van der Waals surface area contributed by atoms with Gasteiger partial charge in [-0.1, -0.05) is 6.07 Å². The van der Waals surface area contributed by atoms with Crippen molar-refractivity contribution in [3.05, 3.63) is 22.4 Å². The van der Waals surface area contributed by atoms with Crippen LogP contribution < -0.4 is 0 Å². The van der Waals surface area contributed by atoms with E-state index in [0.29, 0.717) is 6.61 Å². The first-order chi connectivity index (χ1) is 6.99. The molecule has 1 aromatic rings. The summed E-state index contributed by atoms with van der Waals surface area (Å²) < 4.78 is 5.62. The summed E-state index contributed by atoms with van der Waals surface area (Å²) in [5.41, 5.74) is -0.767. The summed E-state index contributed by atoms with van der Waals surface area (Å²) in [5.74, 6) is 0. The van der Waals surface area contributed by atoms with Crippen LogP contribution in [0.5, 0.6) is 0 Å². The Morgan fingerprint density at radius 3 is 2.93 bits per heavy atom. The Morgan fingerprint density at radius 2 is 2.33 bits per heavy atom. The van der Waals surface area contributed by atoms with Crippen molar-refractivity contribution >= 4 is 11.3 Å². The highest BCUT2D eigenvalue weighted by atomic mass is 32.1. The summed E-state index contributed by atoms with van der Waals surface area (Å²) in [6.45, 7) is 4.76. The zero-order chi connectivity index (χ0) is 10.9. The van der Waals surface area contributed by atoms with Crippen molar-refractivity contribution in [3.8, 4) is 0 Å². The van der Waals surface area contributed by atoms with Crippen LogP contribution in [0.2, 0.25) is 0 Å². The van der Waals surface area contributed by atoms with Gasteiger partial charge < -0.3 is 9.84 Å². The van der Waals surface area contributed by atoms with E-state index in [1.54, 1.807) is 11.3 Å². The molecule has 0 aromatic carbocycles. The van der Waals surface area contributed by atoms with Gasteiger partial charge in [-0.15, -0.1) is 11.3 Å². The van der Waals surface area contributed by atoms with E-state index in [9.17, 15) is 5.11 Å². The van der Waals surface area contributed by atoms with Crippen LogP contribution in [0.25, 0.3) is 0 Å².